The van der Waals surface area contributed by atoms with E-state index in [1.54, 1.807) is 6.92 Å². The molecule has 1 aromatic rings. The highest BCUT2D eigenvalue weighted by molar-refractivity contribution is 5.41. The van der Waals surface area contributed by atoms with Crippen LogP contribution >= 0.6 is 0 Å². The summed E-state index contributed by atoms with van der Waals surface area (Å²) in [4.78, 5) is 0. The molecule has 16 heavy (non-hydrogen) atoms. The lowest BCUT2D eigenvalue weighted by Gasteiger charge is -2.27. The first-order chi connectivity index (χ1) is 7.48. The molecule has 3 nitrogen and oxygen atoms in total. The molecule has 3 N–H and O–H groups in total. The molecule has 0 aromatic heterocycles. The zero-order valence-corrected chi connectivity index (χ0v) is 9.26. The molecule has 1 aromatic carbocycles. The minimum atomic E-state index is -0.922. The third kappa shape index (κ3) is 2.15. The van der Waals surface area contributed by atoms with E-state index in [2.05, 4.69) is 0 Å². The Morgan fingerprint density at radius 1 is 1.44 bits per heavy atom. The summed E-state index contributed by atoms with van der Waals surface area (Å²) in [6.45, 7) is 1.36. The SMILES string of the molecule is COc1c(F)cc(F)cc1C(C)(CN)CO. The molecule has 0 saturated carbocycles. The first kappa shape index (κ1) is 12.9. The fourth-order valence-electron chi connectivity index (χ4n) is 1.48. The summed E-state index contributed by atoms with van der Waals surface area (Å²) in [6, 6.07) is 1.86. The maximum absolute atomic E-state index is 13.4. The predicted molar refractivity (Wildman–Crippen MR) is 56.4 cm³/mol. The van der Waals surface area contributed by atoms with E-state index in [9.17, 15) is 13.9 Å². The zero-order chi connectivity index (χ0) is 12.3. The Bertz CT molecular complexity index is 378. The van der Waals surface area contributed by atoms with Gasteiger partial charge in [-0.25, -0.2) is 8.78 Å². The molecule has 1 rings (SSSR count). The van der Waals surface area contributed by atoms with Crippen molar-refractivity contribution in [2.24, 2.45) is 5.73 Å². The molecule has 0 bridgehead atoms. The number of hydrogen-bond donors (Lipinski definition) is 2. The molecule has 1 atom stereocenters. The van der Waals surface area contributed by atoms with E-state index in [-0.39, 0.29) is 24.5 Å². The van der Waals surface area contributed by atoms with Crippen LogP contribution in [0.5, 0.6) is 5.75 Å². The molecule has 0 saturated heterocycles. The lowest BCUT2D eigenvalue weighted by atomic mass is 9.82. The van der Waals surface area contributed by atoms with Gasteiger partial charge in [-0.15, -0.1) is 0 Å². The van der Waals surface area contributed by atoms with Crippen LogP contribution in [-0.4, -0.2) is 25.4 Å². The molecular weight excluding hydrogens is 216 g/mol. The van der Waals surface area contributed by atoms with Gasteiger partial charge in [0.2, 0.25) is 0 Å². The van der Waals surface area contributed by atoms with E-state index in [0.29, 0.717) is 0 Å². The third-order valence-electron chi connectivity index (χ3n) is 2.66. The van der Waals surface area contributed by atoms with E-state index >= 15 is 0 Å². The van der Waals surface area contributed by atoms with Gasteiger partial charge in [-0.2, -0.15) is 0 Å². The minimum Gasteiger partial charge on any atom is -0.493 e. The molecule has 1 unspecified atom stereocenters. The van der Waals surface area contributed by atoms with Crippen molar-refractivity contribution in [2.45, 2.75) is 12.3 Å². The Hall–Kier alpha value is -1.20. The molecule has 90 valence electrons. The first-order valence-electron chi connectivity index (χ1n) is 4.83. The van der Waals surface area contributed by atoms with Crippen molar-refractivity contribution in [3.63, 3.8) is 0 Å². The summed E-state index contributed by atoms with van der Waals surface area (Å²) >= 11 is 0. The number of benzene rings is 1. The number of hydrogen-bond acceptors (Lipinski definition) is 3. The molecule has 0 amide bonds. The molecular formula is C11H15F2NO2. The summed E-state index contributed by atoms with van der Waals surface area (Å²) in [5.41, 5.74) is 4.82. The topological polar surface area (TPSA) is 55.5 Å². The van der Waals surface area contributed by atoms with Gasteiger partial charge in [-0.3, -0.25) is 0 Å². The van der Waals surface area contributed by atoms with Crippen molar-refractivity contribution in [3.8, 4) is 5.75 Å². The monoisotopic (exact) mass is 231 g/mol. The molecule has 0 aliphatic rings. The van der Waals surface area contributed by atoms with Gasteiger partial charge >= 0.3 is 0 Å². The molecule has 0 aliphatic heterocycles. The molecule has 0 heterocycles. The third-order valence-corrected chi connectivity index (χ3v) is 2.66. The van der Waals surface area contributed by atoms with E-state index in [4.69, 9.17) is 10.5 Å². The normalized spacial score (nSPS) is 14.6. The van der Waals surface area contributed by atoms with E-state index in [1.165, 1.54) is 7.11 Å². The van der Waals surface area contributed by atoms with Crippen molar-refractivity contribution in [2.75, 3.05) is 20.3 Å². The lowest BCUT2D eigenvalue weighted by Crippen LogP contribution is -2.36. The van der Waals surface area contributed by atoms with Gasteiger partial charge in [0.15, 0.2) is 11.6 Å². The van der Waals surface area contributed by atoms with Gasteiger partial charge in [-0.1, -0.05) is 6.92 Å². The first-order valence-corrected chi connectivity index (χ1v) is 4.83. The number of rotatable bonds is 4. The second-order valence-corrected chi connectivity index (χ2v) is 3.89. The number of methoxy groups -OCH3 is 1. The summed E-state index contributed by atoms with van der Waals surface area (Å²) in [5.74, 6) is -1.60. The van der Waals surface area contributed by atoms with Crippen LogP contribution in [0.1, 0.15) is 12.5 Å². The van der Waals surface area contributed by atoms with Gasteiger partial charge in [-0.05, 0) is 6.07 Å². The van der Waals surface area contributed by atoms with Crippen LogP contribution in [0.15, 0.2) is 12.1 Å². The Labute approximate surface area is 92.8 Å². The van der Waals surface area contributed by atoms with Crippen molar-refractivity contribution in [3.05, 3.63) is 29.3 Å². The zero-order valence-electron chi connectivity index (χ0n) is 9.26. The van der Waals surface area contributed by atoms with Gasteiger partial charge in [0.05, 0.1) is 13.7 Å². The Balaban J connectivity index is 3.41. The summed E-state index contributed by atoms with van der Waals surface area (Å²) < 4.78 is 31.4. The molecule has 0 fully saturated rings. The summed E-state index contributed by atoms with van der Waals surface area (Å²) in [5, 5.41) is 9.26. The Morgan fingerprint density at radius 3 is 2.50 bits per heavy atom. The second kappa shape index (κ2) is 4.76. The average Bonchev–Trinajstić information content (AvgIpc) is 2.27. The van der Waals surface area contributed by atoms with Crippen LogP contribution in [0.4, 0.5) is 8.78 Å². The van der Waals surface area contributed by atoms with Gasteiger partial charge in [0, 0.05) is 23.6 Å². The number of ether oxygens (including phenoxy) is 1. The highest BCUT2D eigenvalue weighted by Gasteiger charge is 2.30. The second-order valence-electron chi connectivity index (χ2n) is 3.89. The van der Waals surface area contributed by atoms with Crippen LogP contribution < -0.4 is 10.5 Å². The molecule has 0 radical (unpaired) electrons. The standard InChI is InChI=1S/C11H15F2NO2/c1-11(5-14,6-15)8-3-7(12)4-9(13)10(8)16-2/h3-4,15H,5-6,14H2,1-2H3. The predicted octanol–water partition coefficient (Wildman–Crippen LogP) is 1.18. The van der Waals surface area contributed by atoms with Crippen LogP contribution in [-0.2, 0) is 5.41 Å². The quantitative estimate of drug-likeness (QED) is 0.818. The molecule has 0 spiro atoms. The van der Waals surface area contributed by atoms with Crippen molar-refractivity contribution < 1.29 is 18.6 Å². The largest absolute Gasteiger partial charge is 0.493 e. The van der Waals surface area contributed by atoms with Crippen molar-refractivity contribution in [1.29, 1.82) is 0 Å². The summed E-state index contributed by atoms with van der Waals surface area (Å²) in [7, 11) is 1.29. The van der Waals surface area contributed by atoms with Crippen LogP contribution in [0.25, 0.3) is 0 Å². The molecule has 0 aliphatic carbocycles. The Kier molecular flexibility index (Phi) is 3.83. The van der Waals surface area contributed by atoms with Gasteiger partial charge in [0.1, 0.15) is 5.82 Å². The summed E-state index contributed by atoms with van der Waals surface area (Å²) in [6.07, 6.45) is 0. The fourth-order valence-corrected chi connectivity index (χ4v) is 1.48. The van der Waals surface area contributed by atoms with Gasteiger partial charge < -0.3 is 15.6 Å². The van der Waals surface area contributed by atoms with E-state index < -0.39 is 17.0 Å². The average molecular weight is 231 g/mol. The lowest BCUT2D eigenvalue weighted by molar-refractivity contribution is 0.205. The fraction of sp³-hybridized carbons (Fsp3) is 0.455. The maximum Gasteiger partial charge on any atom is 0.168 e. The number of halogens is 2. The smallest absolute Gasteiger partial charge is 0.168 e. The number of aliphatic hydroxyl groups excluding tert-OH is 1. The number of nitrogens with two attached hydrogens (primary N) is 1. The van der Waals surface area contributed by atoms with Crippen molar-refractivity contribution >= 4 is 0 Å². The van der Waals surface area contributed by atoms with E-state index in [0.717, 1.165) is 12.1 Å². The van der Waals surface area contributed by atoms with Gasteiger partial charge in [0.25, 0.3) is 0 Å². The van der Waals surface area contributed by atoms with Crippen LogP contribution in [0.3, 0.4) is 0 Å². The highest BCUT2D eigenvalue weighted by Crippen LogP contribution is 2.33. The highest BCUT2D eigenvalue weighted by atomic mass is 19.1. The number of aliphatic hydroxyl groups is 1. The Morgan fingerprint density at radius 2 is 2.06 bits per heavy atom. The van der Waals surface area contributed by atoms with Crippen molar-refractivity contribution in [1.82, 2.24) is 0 Å². The van der Waals surface area contributed by atoms with Crippen LogP contribution in [0.2, 0.25) is 0 Å². The van der Waals surface area contributed by atoms with E-state index in [1.807, 2.05) is 0 Å². The molecule has 5 heteroatoms. The maximum atomic E-state index is 13.4. The minimum absolute atomic E-state index is 0.0583. The van der Waals surface area contributed by atoms with Crippen LogP contribution in [0, 0.1) is 11.6 Å².